The molecule has 0 aliphatic carbocycles. The van der Waals surface area contributed by atoms with Crippen molar-refractivity contribution in [2.45, 2.75) is 6.92 Å². The van der Waals surface area contributed by atoms with E-state index in [0.29, 0.717) is 39.1 Å². The average molecular weight is 397 g/mol. The van der Waals surface area contributed by atoms with Gasteiger partial charge in [0.2, 0.25) is 0 Å². The van der Waals surface area contributed by atoms with Gasteiger partial charge in [0.25, 0.3) is 0 Å². The summed E-state index contributed by atoms with van der Waals surface area (Å²) >= 11 is 2.90. The van der Waals surface area contributed by atoms with E-state index in [2.05, 4.69) is 25.5 Å². The fourth-order valence-corrected chi connectivity index (χ4v) is 4.19. The number of thioether (sulfide) groups is 1. The molecule has 1 aliphatic rings. The molecule has 3 heterocycles. The van der Waals surface area contributed by atoms with Crippen LogP contribution >= 0.6 is 23.1 Å². The highest BCUT2D eigenvalue weighted by Crippen LogP contribution is 2.32. The van der Waals surface area contributed by atoms with E-state index in [9.17, 15) is 4.79 Å². The number of rotatable bonds is 4. The van der Waals surface area contributed by atoms with Crippen LogP contribution in [0, 0.1) is 0 Å². The van der Waals surface area contributed by atoms with Crippen molar-refractivity contribution in [1.29, 1.82) is 0 Å². The van der Waals surface area contributed by atoms with Crippen molar-refractivity contribution in [2.24, 2.45) is 10.1 Å². The largest absolute Gasteiger partial charge is 0.462 e. The van der Waals surface area contributed by atoms with E-state index in [-0.39, 0.29) is 0 Å². The number of hydrazone groups is 1. The lowest BCUT2D eigenvalue weighted by atomic mass is 10.1. The molecular formula is C18H15N5O2S2. The number of nitrogens with zero attached hydrogens (tertiary/aromatic N) is 4. The molecule has 0 atom stereocenters. The molecule has 2 aromatic heterocycles. The van der Waals surface area contributed by atoms with Gasteiger partial charge >= 0.3 is 5.97 Å². The molecule has 4 rings (SSSR count). The molecular weight excluding hydrogens is 382 g/mol. The van der Waals surface area contributed by atoms with Gasteiger partial charge in [-0.25, -0.2) is 19.8 Å². The molecule has 9 heteroatoms. The molecule has 0 fully saturated rings. The number of nitrogens with one attached hydrogen (secondary N) is 1. The summed E-state index contributed by atoms with van der Waals surface area (Å²) in [5.41, 5.74) is 5.44. The molecule has 0 unspecified atom stereocenters. The van der Waals surface area contributed by atoms with E-state index in [0.717, 1.165) is 11.3 Å². The number of thiophene rings is 1. The molecule has 0 saturated heterocycles. The van der Waals surface area contributed by atoms with Crippen LogP contribution in [0.15, 0.2) is 52.1 Å². The van der Waals surface area contributed by atoms with Gasteiger partial charge < -0.3 is 4.74 Å². The number of aliphatic imine (C=N–C) groups is 1. The zero-order valence-corrected chi connectivity index (χ0v) is 16.0. The van der Waals surface area contributed by atoms with Crippen LogP contribution in [-0.4, -0.2) is 39.2 Å². The van der Waals surface area contributed by atoms with Gasteiger partial charge in [-0.3, -0.25) is 5.43 Å². The maximum absolute atomic E-state index is 12.2. The summed E-state index contributed by atoms with van der Waals surface area (Å²) in [4.78, 5) is 25.9. The smallest absolute Gasteiger partial charge is 0.339 e. The van der Waals surface area contributed by atoms with Gasteiger partial charge in [-0.2, -0.15) is 5.10 Å². The third-order valence-electron chi connectivity index (χ3n) is 3.79. The van der Waals surface area contributed by atoms with E-state index in [1.165, 1.54) is 29.4 Å². The zero-order chi connectivity index (χ0) is 18.6. The fourth-order valence-electron chi connectivity index (χ4n) is 2.55. The minimum Gasteiger partial charge on any atom is -0.462 e. The van der Waals surface area contributed by atoms with Crippen LogP contribution in [0.2, 0.25) is 0 Å². The molecule has 0 bridgehead atoms. The molecule has 136 valence electrons. The van der Waals surface area contributed by atoms with Crippen LogP contribution in [0.1, 0.15) is 22.8 Å². The van der Waals surface area contributed by atoms with E-state index in [1.54, 1.807) is 12.3 Å². The second kappa shape index (κ2) is 7.85. The Morgan fingerprint density at radius 1 is 1.30 bits per heavy atom. The lowest BCUT2D eigenvalue weighted by molar-refractivity contribution is 0.0529. The number of benzene rings is 1. The second-order valence-electron chi connectivity index (χ2n) is 5.49. The van der Waals surface area contributed by atoms with Crippen LogP contribution in [0.5, 0.6) is 0 Å². The zero-order valence-electron chi connectivity index (χ0n) is 14.4. The summed E-state index contributed by atoms with van der Waals surface area (Å²) in [6.07, 6.45) is 1.44. The molecule has 1 N–H and O–H groups in total. The highest BCUT2D eigenvalue weighted by molar-refractivity contribution is 8.14. The summed E-state index contributed by atoms with van der Waals surface area (Å²) in [5, 5.41) is 7.37. The Labute approximate surface area is 163 Å². The predicted molar refractivity (Wildman–Crippen MR) is 109 cm³/mol. The maximum Gasteiger partial charge on any atom is 0.339 e. The normalized spacial score (nSPS) is 15.4. The number of carbonyl (C=O) groups is 1. The van der Waals surface area contributed by atoms with Gasteiger partial charge in [0.1, 0.15) is 11.2 Å². The molecule has 27 heavy (non-hydrogen) atoms. The van der Waals surface area contributed by atoms with Crippen LogP contribution < -0.4 is 5.43 Å². The molecule has 7 nitrogen and oxygen atoms in total. The molecule has 1 aliphatic heterocycles. The van der Waals surface area contributed by atoms with Gasteiger partial charge in [0.05, 0.1) is 23.3 Å². The van der Waals surface area contributed by atoms with Gasteiger partial charge in [-0.05, 0) is 12.5 Å². The quantitative estimate of drug-likeness (QED) is 0.677. The SMILES string of the molecule is CCOC(=O)c1csc2ncnc(/N=C3/NN=C(c4ccccc4)CS3)c12. The summed E-state index contributed by atoms with van der Waals surface area (Å²) in [6.45, 7) is 2.08. The fraction of sp³-hybridized carbons (Fsp3) is 0.167. The molecule has 0 saturated carbocycles. The Kier molecular flexibility index (Phi) is 5.12. The van der Waals surface area contributed by atoms with Crippen LogP contribution in [0.25, 0.3) is 10.2 Å². The minimum absolute atomic E-state index is 0.308. The number of esters is 1. The van der Waals surface area contributed by atoms with Crippen LogP contribution in [0.4, 0.5) is 5.82 Å². The molecule has 0 radical (unpaired) electrons. The Morgan fingerprint density at radius 3 is 2.89 bits per heavy atom. The first-order chi connectivity index (χ1) is 13.3. The van der Waals surface area contributed by atoms with Gasteiger partial charge in [-0.15, -0.1) is 11.3 Å². The van der Waals surface area contributed by atoms with Crippen LogP contribution in [0.3, 0.4) is 0 Å². The summed E-state index contributed by atoms with van der Waals surface area (Å²) in [7, 11) is 0. The van der Waals surface area contributed by atoms with E-state index < -0.39 is 5.97 Å². The maximum atomic E-state index is 12.2. The van der Waals surface area contributed by atoms with Crippen molar-refractivity contribution in [2.75, 3.05) is 12.4 Å². The number of aromatic nitrogens is 2. The summed E-state index contributed by atoms with van der Waals surface area (Å²) < 4.78 is 5.12. The van der Waals surface area contributed by atoms with Crippen molar-refractivity contribution < 1.29 is 9.53 Å². The Hall–Kier alpha value is -2.78. The number of ether oxygens (including phenoxy) is 1. The lowest BCUT2D eigenvalue weighted by Gasteiger charge is -2.14. The van der Waals surface area contributed by atoms with Crippen molar-refractivity contribution in [3.8, 4) is 0 Å². The van der Waals surface area contributed by atoms with Gasteiger partial charge in [0, 0.05) is 11.1 Å². The number of amidine groups is 1. The van der Waals surface area contributed by atoms with Gasteiger partial charge in [0.15, 0.2) is 11.0 Å². The number of hydrogen-bond donors (Lipinski definition) is 1. The van der Waals surface area contributed by atoms with E-state index in [1.807, 2.05) is 30.3 Å². The van der Waals surface area contributed by atoms with Crippen LogP contribution in [-0.2, 0) is 4.74 Å². The third kappa shape index (κ3) is 3.69. The standard InChI is InChI=1S/C18H15N5O2S2/c1-2-25-17(24)12-8-26-16-14(12)15(19-10-20-16)21-18-23-22-13(9-27-18)11-6-4-3-5-7-11/h3-8,10H,2,9H2,1H3,(H,19,20,21,23). The Bertz CT molecular complexity index is 1050. The predicted octanol–water partition coefficient (Wildman–Crippen LogP) is 3.60. The lowest BCUT2D eigenvalue weighted by Crippen LogP contribution is -2.25. The Balaban J connectivity index is 1.65. The first kappa shape index (κ1) is 17.6. The van der Waals surface area contributed by atoms with E-state index in [4.69, 9.17) is 4.74 Å². The topological polar surface area (TPSA) is 88.8 Å². The number of carbonyl (C=O) groups excluding carboxylic acids is 1. The van der Waals surface area contributed by atoms with Crippen molar-refractivity contribution in [1.82, 2.24) is 15.4 Å². The van der Waals surface area contributed by atoms with Crippen molar-refractivity contribution in [3.63, 3.8) is 0 Å². The highest BCUT2D eigenvalue weighted by atomic mass is 32.2. The molecule has 1 aromatic carbocycles. The van der Waals surface area contributed by atoms with Crippen molar-refractivity contribution in [3.05, 3.63) is 53.2 Å². The van der Waals surface area contributed by atoms with Crippen molar-refractivity contribution >= 4 is 56.0 Å². The second-order valence-corrected chi connectivity index (χ2v) is 7.31. The Morgan fingerprint density at radius 2 is 2.15 bits per heavy atom. The van der Waals surface area contributed by atoms with E-state index >= 15 is 0 Å². The number of hydrogen-bond acceptors (Lipinski definition) is 8. The first-order valence-electron chi connectivity index (χ1n) is 8.25. The number of fused-ring (bicyclic) bond motifs is 1. The van der Waals surface area contributed by atoms with Gasteiger partial charge in [-0.1, -0.05) is 42.1 Å². The summed E-state index contributed by atoms with van der Waals surface area (Å²) in [5.74, 6) is 0.727. The molecule has 0 spiro atoms. The minimum atomic E-state index is -0.395. The first-order valence-corrected chi connectivity index (χ1v) is 10.1. The monoisotopic (exact) mass is 397 g/mol. The third-order valence-corrected chi connectivity index (χ3v) is 5.55. The molecule has 3 aromatic rings. The summed E-state index contributed by atoms with van der Waals surface area (Å²) in [6, 6.07) is 9.99. The average Bonchev–Trinajstić information content (AvgIpc) is 3.15. The highest BCUT2D eigenvalue weighted by Gasteiger charge is 2.19. The molecule has 0 amide bonds.